The molecule has 0 fully saturated rings. The number of unbranched alkanes of at least 4 members (excludes halogenated alkanes) is 5. The Bertz CT molecular complexity index is 1340. The average Bonchev–Trinajstić information content (AvgIpc) is 3.09. The number of aliphatic hydroxyl groups is 1. The van der Waals surface area contributed by atoms with E-state index >= 15 is 0 Å². The number of carbonyl (C=O) groups is 2. The van der Waals surface area contributed by atoms with Crippen molar-refractivity contribution in [1.82, 2.24) is 0 Å². The molecule has 3 aromatic carbocycles. The fourth-order valence-corrected chi connectivity index (χ4v) is 5.10. The Morgan fingerprint density at radius 2 is 1.46 bits per heavy atom. The summed E-state index contributed by atoms with van der Waals surface area (Å²) >= 11 is 0. The van der Waals surface area contributed by atoms with E-state index in [1.807, 2.05) is 18.2 Å². The van der Waals surface area contributed by atoms with Gasteiger partial charge < -0.3 is 24.4 Å². The maximum absolute atomic E-state index is 13.0. The first-order valence-corrected chi connectivity index (χ1v) is 16.1. The number of ether oxygens (including phenoxy) is 2. The number of hydrogen-bond donors (Lipinski definition) is 2. The largest absolute Gasteiger partial charge is 0.493 e. The van der Waals surface area contributed by atoms with Gasteiger partial charge in [-0.05, 0) is 68.8 Å². The van der Waals surface area contributed by atoms with Crippen LogP contribution in [0.3, 0.4) is 0 Å². The number of hydrogen-bond acceptors (Lipinski definition) is 7. The quantitative estimate of drug-likeness (QED) is 0.0461. The highest BCUT2D eigenvalue weighted by molar-refractivity contribution is 6.06. The number of quaternary nitrogens is 1. The first-order chi connectivity index (χ1) is 22.3. The van der Waals surface area contributed by atoms with Crippen LogP contribution in [0.5, 0.6) is 5.75 Å². The molecule has 0 aromatic heterocycles. The molecule has 0 radical (unpaired) electrons. The summed E-state index contributed by atoms with van der Waals surface area (Å²) in [5.74, 6) is -0.155. The lowest BCUT2D eigenvalue weighted by atomic mass is 10.1. The zero-order valence-corrected chi connectivity index (χ0v) is 27.7. The highest BCUT2D eigenvalue weighted by Gasteiger charge is 2.25. The fraction of sp³-hybridized carbons (Fsp3) is 0.444. The number of nitrogens with one attached hydrogen (secondary N) is 1. The van der Waals surface area contributed by atoms with Crippen LogP contribution in [-0.4, -0.2) is 66.3 Å². The highest BCUT2D eigenvalue weighted by Crippen LogP contribution is 2.22. The van der Waals surface area contributed by atoms with Crippen LogP contribution in [0.4, 0.5) is 11.4 Å². The molecule has 0 aliphatic carbocycles. The normalized spacial score (nSPS) is 10.8. The van der Waals surface area contributed by atoms with Gasteiger partial charge in [0.15, 0.2) is 0 Å². The molecule has 0 bridgehead atoms. The van der Waals surface area contributed by atoms with Crippen molar-refractivity contribution in [1.29, 1.82) is 0 Å². The number of non-ortho nitro benzene ring substituents is 1. The number of carbonyl (C=O) groups excluding carboxylic acids is 2. The molecule has 10 nitrogen and oxygen atoms in total. The first-order valence-electron chi connectivity index (χ1n) is 16.1. The van der Waals surface area contributed by atoms with Gasteiger partial charge in [-0.15, -0.1) is 0 Å². The number of esters is 1. The van der Waals surface area contributed by atoms with E-state index in [0.29, 0.717) is 46.7 Å². The monoisotopic (exact) mass is 636 g/mol. The number of nitrogens with zero attached hydrogens (tertiary/aromatic N) is 2. The van der Waals surface area contributed by atoms with Gasteiger partial charge in [0, 0.05) is 30.5 Å². The van der Waals surface area contributed by atoms with Crippen molar-refractivity contribution in [2.75, 3.05) is 45.3 Å². The van der Waals surface area contributed by atoms with Crippen LogP contribution in [0.1, 0.15) is 85.6 Å². The minimum Gasteiger partial charge on any atom is -0.493 e. The van der Waals surface area contributed by atoms with Crippen molar-refractivity contribution in [2.24, 2.45) is 0 Å². The van der Waals surface area contributed by atoms with Crippen LogP contribution in [0.2, 0.25) is 0 Å². The van der Waals surface area contributed by atoms with Crippen LogP contribution in [0.25, 0.3) is 0 Å². The summed E-state index contributed by atoms with van der Waals surface area (Å²) in [5, 5.41) is 20.9. The van der Waals surface area contributed by atoms with Gasteiger partial charge in [-0.3, -0.25) is 14.9 Å². The lowest BCUT2D eigenvalue weighted by Crippen LogP contribution is -2.49. The van der Waals surface area contributed by atoms with Crippen molar-refractivity contribution in [3.8, 4) is 5.75 Å². The number of nitro groups is 1. The molecule has 0 atom stereocenters. The zero-order valence-electron chi connectivity index (χ0n) is 27.7. The molecule has 10 heteroatoms. The SMILES string of the molecule is CCCCCCCCOc1ccccc1C(=O)Nc1ccc(C(=O)OCC[N+](CC)(CC)Cc2ccc([N+](=O)[O-])cc2)cc1.CO. The predicted octanol–water partition coefficient (Wildman–Crippen LogP) is 7.41. The Kier molecular flexibility index (Phi) is 17.1. The molecule has 0 spiro atoms. The number of para-hydroxylation sites is 1. The Labute approximate surface area is 273 Å². The van der Waals surface area contributed by atoms with Gasteiger partial charge in [0.05, 0.1) is 35.7 Å². The second kappa shape index (κ2) is 20.7. The molecule has 0 saturated heterocycles. The van der Waals surface area contributed by atoms with Gasteiger partial charge in [-0.1, -0.05) is 51.2 Å². The van der Waals surface area contributed by atoms with Crippen molar-refractivity contribution in [2.45, 2.75) is 65.8 Å². The Balaban J connectivity index is 0.00000361. The van der Waals surface area contributed by atoms with E-state index in [1.165, 1.54) is 37.8 Å². The third kappa shape index (κ3) is 12.3. The van der Waals surface area contributed by atoms with Gasteiger partial charge in [0.2, 0.25) is 0 Å². The summed E-state index contributed by atoms with van der Waals surface area (Å²) in [6.07, 6.45) is 6.99. The average molecular weight is 637 g/mol. The summed E-state index contributed by atoms with van der Waals surface area (Å²) in [7, 11) is 1.00. The molecular formula is C36H50N3O7+. The molecule has 0 heterocycles. The van der Waals surface area contributed by atoms with Crippen molar-refractivity contribution in [3.63, 3.8) is 0 Å². The number of amides is 1. The van der Waals surface area contributed by atoms with Crippen molar-refractivity contribution >= 4 is 23.3 Å². The minimum atomic E-state index is -0.433. The van der Waals surface area contributed by atoms with Crippen molar-refractivity contribution in [3.05, 3.63) is 99.6 Å². The van der Waals surface area contributed by atoms with E-state index in [4.69, 9.17) is 14.6 Å². The van der Waals surface area contributed by atoms with Crippen molar-refractivity contribution < 1.29 is 33.6 Å². The second-order valence-corrected chi connectivity index (χ2v) is 11.1. The smallest absolute Gasteiger partial charge is 0.338 e. The maximum atomic E-state index is 13.0. The molecule has 0 aliphatic heterocycles. The van der Waals surface area contributed by atoms with E-state index in [9.17, 15) is 19.7 Å². The van der Waals surface area contributed by atoms with E-state index in [2.05, 4.69) is 26.1 Å². The summed E-state index contributed by atoms with van der Waals surface area (Å²) < 4.78 is 12.2. The standard InChI is InChI=1S/C35H45N3O6.CH4O/c1-4-7-8-9-10-13-25-43-33-15-12-11-14-32(33)34(39)36-30-20-18-29(19-21-30)35(40)44-26-24-38(5-2,6-3)27-28-16-22-31(23-17-28)37(41)42;1-2/h11-12,14-23H,4-10,13,24-27H2,1-3H3;2H,1H3/p+1. The predicted molar refractivity (Wildman–Crippen MR) is 181 cm³/mol. The number of nitro benzene ring substituents is 1. The van der Waals surface area contributed by atoms with E-state index in [0.717, 1.165) is 38.6 Å². The van der Waals surface area contributed by atoms with Crippen LogP contribution in [0.15, 0.2) is 72.8 Å². The lowest BCUT2D eigenvalue weighted by molar-refractivity contribution is -0.937. The van der Waals surface area contributed by atoms with Crippen LogP contribution >= 0.6 is 0 Å². The van der Waals surface area contributed by atoms with E-state index in [-0.39, 0.29) is 18.2 Å². The molecule has 3 rings (SSSR count). The number of anilines is 1. The zero-order chi connectivity index (χ0) is 33.8. The lowest BCUT2D eigenvalue weighted by Gasteiger charge is -2.36. The molecular weight excluding hydrogens is 586 g/mol. The molecule has 46 heavy (non-hydrogen) atoms. The fourth-order valence-electron chi connectivity index (χ4n) is 5.10. The third-order valence-electron chi connectivity index (χ3n) is 8.07. The summed E-state index contributed by atoms with van der Waals surface area (Å²) in [6, 6.07) is 20.4. The Morgan fingerprint density at radius 1 is 0.826 bits per heavy atom. The van der Waals surface area contributed by atoms with Crippen LogP contribution < -0.4 is 10.1 Å². The number of likely N-dealkylation sites (N-methyl/N-ethyl adjacent to an activating group) is 1. The topological polar surface area (TPSA) is 128 Å². The Hall–Kier alpha value is -4.28. The number of rotatable bonds is 19. The third-order valence-corrected chi connectivity index (χ3v) is 8.07. The summed E-state index contributed by atoms with van der Waals surface area (Å²) in [6.45, 7) is 10.1. The summed E-state index contributed by atoms with van der Waals surface area (Å²) in [4.78, 5) is 36.3. The van der Waals surface area contributed by atoms with Gasteiger partial charge in [-0.25, -0.2) is 4.79 Å². The highest BCUT2D eigenvalue weighted by atomic mass is 16.6. The second-order valence-electron chi connectivity index (χ2n) is 11.1. The van der Waals surface area contributed by atoms with E-state index in [1.54, 1.807) is 42.5 Å². The van der Waals surface area contributed by atoms with Gasteiger partial charge in [0.1, 0.15) is 25.4 Å². The number of aliphatic hydroxyl groups excluding tert-OH is 1. The molecule has 2 N–H and O–H groups in total. The van der Waals surface area contributed by atoms with Gasteiger partial charge >= 0.3 is 5.97 Å². The molecule has 0 saturated carbocycles. The molecule has 1 amide bonds. The van der Waals surface area contributed by atoms with Gasteiger partial charge in [0.25, 0.3) is 11.6 Å². The van der Waals surface area contributed by atoms with Gasteiger partial charge in [-0.2, -0.15) is 0 Å². The molecule has 3 aromatic rings. The molecule has 250 valence electrons. The summed E-state index contributed by atoms with van der Waals surface area (Å²) in [5.41, 5.74) is 2.48. The number of benzene rings is 3. The van der Waals surface area contributed by atoms with Crippen LogP contribution in [-0.2, 0) is 11.3 Å². The first kappa shape index (κ1) is 37.9. The van der Waals surface area contributed by atoms with Crippen LogP contribution in [0, 0.1) is 10.1 Å². The minimum absolute atomic E-state index is 0.0667. The Morgan fingerprint density at radius 3 is 2.09 bits per heavy atom. The maximum Gasteiger partial charge on any atom is 0.338 e. The molecule has 0 unspecified atom stereocenters. The van der Waals surface area contributed by atoms with E-state index < -0.39 is 10.9 Å². The molecule has 0 aliphatic rings.